The predicted octanol–water partition coefficient (Wildman–Crippen LogP) is 1.98. The standard InChI is InChI=1S/C14H16ClN3O2S/c1-10-3-2-4-12(18-10)9-17-21(19,20)13-5-6-14(15)11(7-13)8-16/h2-7,17H,8-9,16H2,1H3. The van der Waals surface area contributed by atoms with Gasteiger partial charge in [-0.25, -0.2) is 13.1 Å². The van der Waals surface area contributed by atoms with Crippen molar-refractivity contribution < 1.29 is 8.42 Å². The van der Waals surface area contributed by atoms with Crippen molar-refractivity contribution in [3.8, 4) is 0 Å². The van der Waals surface area contributed by atoms with Crippen molar-refractivity contribution >= 4 is 21.6 Å². The highest BCUT2D eigenvalue weighted by Crippen LogP contribution is 2.20. The molecule has 7 heteroatoms. The highest BCUT2D eigenvalue weighted by atomic mass is 35.5. The van der Waals surface area contributed by atoms with Gasteiger partial charge in [-0.1, -0.05) is 17.7 Å². The number of hydrogen-bond acceptors (Lipinski definition) is 4. The summed E-state index contributed by atoms with van der Waals surface area (Å²) in [5.74, 6) is 0. The number of rotatable bonds is 5. The van der Waals surface area contributed by atoms with Crippen LogP contribution in [0, 0.1) is 6.92 Å². The third-order valence-corrected chi connectivity index (χ3v) is 4.70. The minimum absolute atomic E-state index is 0.130. The van der Waals surface area contributed by atoms with E-state index in [2.05, 4.69) is 9.71 Å². The average molecular weight is 326 g/mol. The van der Waals surface area contributed by atoms with E-state index in [1.54, 1.807) is 6.07 Å². The van der Waals surface area contributed by atoms with Crippen molar-refractivity contribution in [2.24, 2.45) is 5.73 Å². The molecule has 1 aromatic heterocycles. The summed E-state index contributed by atoms with van der Waals surface area (Å²) in [6.45, 7) is 2.16. The van der Waals surface area contributed by atoms with Crippen LogP contribution < -0.4 is 10.5 Å². The summed E-state index contributed by atoms with van der Waals surface area (Å²) in [5.41, 5.74) is 7.62. The summed E-state index contributed by atoms with van der Waals surface area (Å²) < 4.78 is 27.0. The van der Waals surface area contributed by atoms with E-state index >= 15 is 0 Å². The van der Waals surface area contributed by atoms with Crippen molar-refractivity contribution in [2.45, 2.75) is 24.9 Å². The van der Waals surface area contributed by atoms with Crippen LogP contribution >= 0.6 is 11.6 Å². The lowest BCUT2D eigenvalue weighted by molar-refractivity contribution is 0.580. The van der Waals surface area contributed by atoms with E-state index in [4.69, 9.17) is 17.3 Å². The fourth-order valence-corrected chi connectivity index (χ4v) is 3.07. The molecule has 1 aromatic carbocycles. The summed E-state index contributed by atoms with van der Waals surface area (Å²) in [7, 11) is -3.62. The molecule has 2 rings (SSSR count). The van der Waals surface area contributed by atoms with E-state index in [1.807, 2.05) is 19.1 Å². The Kier molecular flexibility index (Phi) is 4.95. The van der Waals surface area contributed by atoms with E-state index in [0.717, 1.165) is 5.69 Å². The summed E-state index contributed by atoms with van der Waals surface area (Å²) in [6.07, 6.45) is 0. The Hall–Kier alpha value is -1.47. The monoisotopic (exact) mass is 325 g/mol. The maximum Gasteiger partial charge on any atom is 0.240 e. The second kappa shape index (κ2) is 6.53. The number of hydrogen-bond donors (Lipinski definition) is 2. The predicted molar refractivity (Wildman–Crippen MR) is 82.3 cm³/mol. The Labute approximate surface area is 129 Å². The van der Waals surface area contributed by atoms with E-state index in [0.29, 0.717) is 16.3 Å². The van der Waals surface area contributed by atoms with E-state index < -0.39 is 10.0 Å². The molecular weight excluding hydrogens is 310 g/mol. The topological polar surface area (TPSA) is 85.1 Å². The number of nitrogens with two attached hydrogens (primary N) is 1. The molecule has 3 N–H and O–H groups in total. The van der Waals surface area contributed by atoms with Gasteiger partial charge in [0.25, 0.3) is 0 Å². The SMILES string of the molecule is Cc1cccc(CNS(=O)(=O)c2ccc(Cl)c(CN)c2)n1. The van der Waals surface area contributed by atoms with Crippen LogP contribution in [0.4, 0.5) is 0 Å². The van der Waals surface area contributed by atoms with Crippen LogP contribution in [0.15, 0.2) is 41.3 Å². The summed E-state index contributed by atoms with van der Waals surface area (Å²) >= 11 is 5.93. The Morgan fingerprint density at radius 3 is 2.71 bits per heavy atom. The van der Waals surface area contributed by atoms with Gasteiger partial charge >= 0.3 is 0 Å². The van der Waals surface area contributed by atoms with Crippen LogP contribution in [0.1, 0.15) is 17.0 Å². The van der Waals surface area contributed by atoms with Crippen LogP contribution in [0.3, 0.4) is 0 Å². The van der Waals surface area contributed by atoms with Crippen molar-refractivity contribution in [1.82, 2.24) is 9.71 Å². The number of benzene rings is 1. The van der Waals surface area contributed by atoms with Gasteiger partial charge in [0.05, 0.1) is 17.1 Å². The molecule has 0 atom stereocenters. The Morgan fingerprint density at radius 1 is 1.29 bits per heavy atom. The Bertz CT molecular complexity index is 748. The number of aromatic nitrogens is 1. The van der Waals surface area contributed by atoms with Gasteiger partial charge in [0.2, 0.25) is 10.0 Å². The molecule has 0 saturated carbocycles. The molecule has 5 nitrogen and oxygen atoms in total. The second-order valence-corrected chi connectivity index (χ2v) is 6.73. The van der Waals surface area contributed by atoms with Crippen molar-refractivity contribution in [2.75, 3.05) is 0 Å². The van der Waals surface area contributed by atoms with Gasteiger partial charge in [-0.05, 0) is 42.8 Å². The number of halogens is 1. The van der Waals surface area contributed by atoms with Gasteiger partial charge < -0.3 is 5.73 Å². The van der Waals surface area contributed by atoms with Gasteiger partial charge in [-0.3, -0.25) is 4.98 Å². The molecule has 2 aromatic rings. The minimum Gasteiger partial charge on any atom is -0.326 e. The molecule has 0 unspecified atom stereocenters. The minimum atomic E-state index is -3.62. The molecule has 1 heterocycles. The van der Waals surface area contributed by atoms with Gasteiger partial charge in [-0.15, -0.1) is 0 Å². The quantitative estimate of drug-likeness (QED) is 0.880. The lowest BCUT2D eigenvalue weighted by Crippen LogP contribution is -2.24. The number of nitrogens with one attached hydrogen (secondary N) is 1. The molecule has 0 aliphatic rings. The first-order valence-electron chi connectivity index (χ1n) is 6.33. The van der Waals surface area contributed by atoms with E-state index in [1.165, 1.54) is 18.2 Å². The van der Waals surface area contributed by atoms with Crippen LogP contribution in [-0.4, -0.2) is 13.4 Å². The van der Waals surface area contributed by atoms with Crippen LogP contribution in [0.25, 0.3) is 0 Å². The van der Waals surface area contributed by atoms with Gasteiger partial charge in [-0.2, -0.15) is 0 Å². The zero-order valence-electron chi connectivity index (χ0n) is 11.5. The molecule has 0 saturated heterocycles. The lowest BCUT2D eigenvalue weighted by atomic mass is 10.2. The van der Waals surface area contributed by atoms with E-state index in [-0.39, 0.29) is 18.0 Å². The maximum atomic E-state index is 12.2. The fourth-order valence-electron chi connectivity index (χ4n) is 1.82. The number of nitrogens with zero attached hydrogens (tertiary/aromatic N) is 1. The Morgan fingerprint density at radius 2 is 2.05 bits per heavy atom. The van der Waals surface area contributed by atoms with Crippen molar-refractivity contribution in [3.63, 3.8) is 0 Å². The van der Waals surface area contributed by atoms with Crippen molar-refractivity contribution in [1.29, 1.82) is 0 Å². The third kappa shape index (κ3) is 4.01. The highest BCUT2D eigenvalue weighted by molar-refractivity contribution is 7.89. The van der Waals surface area contributed by atoms with Gasteiger partial charge in [0, 0.05) is 17.3 Å². The zero-order chi connectivity index (χ0) is 15.5. The molecule has 0 fully saturated rings. The van der Waals surface area contributed by atoms with E-state index in [9.17, 15) is 8.42 Å². The van der Waals surface area contributed by atoms with Crippen LogP contribution in [-0.2, 0) is 23.1 Å². The number of sulfonamides is 1. The second-order valence-electron chi connectivity index (χ2n) is 4.55. The first-order chi connectivity index (χ1) is 9.92. The van der Waals surface area contributed by atoms with Crippen molar-refractivity contribution in [3.05, 3.63) is 58.4 Å². The molecule has 21 heavy (non-hydrogen) atoms. The molecule has 0 amide bonds. The maximum absolute atomic E-state index is 12.2. The lowest BCUT2D eigenvalue weighted by Gasteiger charge is -2.09. The molecule has 0 aliphatic carbocycles. The Balaban J connectivity index is 2.18. The third-order valence-electron chi connectivity index (χ3n) is 2.94. The normalized spacial score (nSPS) is 11.6. The van der Waals surface area contributed by atoms with Crippen LogP contribution in [0.2, 0.25) is 5.02 Å². The molecule has 0 radical (unpaired) electrons. The number of aryl methyl sites for hydroxylation is 1. The molecular formula is C14H16ClN3O2S. The summed E-state index contributed by atoms with van der Waals surface area (Å²) in [4.78, 5) is 4.39. The molecule has 0 spiro atoms. The smallest absolute Gasteiger partial charge is 0.240 e. The summed E-state index contributed by atoms with van der Waals surface area (Å²) in [5, 5.41) is 0.455. The first kappa shape index (κ1) is 15.9. The molecule has 0 bridgehead atoms. The molecule has 112 valence electrons. The van der Waals surface area contributed by atoms with Gasteiger partial charge in [0.1, 0.15) is 0 Å². The van der Waals surface area contributed by atoms with Gasteiger partial charge in [0.15, 0.2) is 0 Å². The highest BCUT2D eigenvalue weighted by Gasteiger charge is 2.15. The molecule has 0 aliphatic heterocycles. The first-order valence-corrected chi connectivity index (χ1v) is 8.19. The largest absolute Gasteiger partial charge is 0.326 e. The van der Waals surface area contributed by atoms with Crippen LogP contribution in [0.5, 0.6) is 0 Å². The zero-order valence-corrected chi connectivity index (χ0v) is 13.1. The average Bonchev–Trinajstić information content (AvgIpc) is 2.46. The number of pyridine rings is 1. The summed E-state index contributed by atoms with van der Waals surface area (Å²) in [6, 6.07) is 9.92. The fraction of sp³-hybridized carbons (Fsp3) is 0.214.